The highest BCUT2D eigenvalue weighted by Crippen LogP contribution is 2.31. The molecule has 2 aromatic rings. The number of amides is 2. The van der Waals surface area contributed by atoms with Crippen LogP contribution < -0.4 is 15.5 Å². The summed E-state index contributed by atoms with van der Waals surface area (Å²) in [6.45, 7) is 14.0. The molecule has 0 spiro atoms. The summed E-state index contributed by atoms with van der Waals surface area (Å²) in [4.78, 5) is 52.8. The Labute approximate surface area is 282 Å². The highest BCUT2D eigenvalue weighted by molar-refractivity contribution is 5.87. The van der Waals surface area contributed by atoms with Crippen molar-refractivity contribution in [1.29, 1.82) is 0 Å². The van der Waals surface area contributed by atoms with Gasteiger partial charge in [0, 0.05) is 32.1 Å². The molecule has 0 saturated carbocycles. The second kappa shape index (κ2) is 15.5. The summed E-state index contributed by atoms with van der Waals surface area (Å²) in [6, 6.07) is 13.0. The van der Waals surface area contributed by atoms with Crippen LogP contribution >= 0.6 is 0 Å². The average Bonchev–Trinajstić information content (AvgIpc) is 3.30. The summed E-state index contributed by atoms with van der Waals surface area (Å²) in [5, 5.41) is 4.21. The summed E-state index contributed by atoms with van der Waals surface area (Å²) in [6.07, 6.45) is -1.32. The molecule has 2 N–H and O–H groups in total. The number of esters is 2. The zero-order valence-corrected chi connectivity index (χ0v) is 29.0. The van der Waals surface area contributed by atoms with Crippen LogP contribution in [0.15, 0.2) is 48.5 Å². The standard InChI is InChI=1S/C36H49FN4O7/c1-23-8-10-24(11-9-23)21-40-18-17-29(32(40)43)39-41-19-16-27(28(37)22-41)25-12-14-26(15-13-25)46-31(42)20-30(33(44)47-35(2,3)4)38-34(45)48-36(5,6)7/h8-15,27-30,39H,16-22H2,1-7H3,(H,38,45)/t27-,28-,29?,30-/m0/s1. The van der Waals surface area contributed by atoms with Gasteiger partial charge in [0.15, 0.2) is 0 Å². The molecule has 48 heavy (non-hydrogen) atoms. The first-order valence-corrected chi connectivity index (χ1v) is 16.5. The molecule has 4 atom stereocenters. The van der Waals surface area contributed by atoms with Gasteiger partial charge in [0.05, 0.1) is 6.42 Å². The van der Waals surface area contributed by atoms with E-state index in [1.807, 2.05) is 41.1 Å². The maximum absolute atomic E-state index is 15.5. The number of rotatable bonds is 10. The van der Waals surface area contributed by atoms with Crippen molar-refractivity contribution in [3.63, 3.8) is 0 Å². The maximum atomic E-state index is 15.5. The van der Waals surface area contributed by atoms with Gasteiger partial charge in [0.2, 0.25) is 5.91 Å². The van der Waals surface area contributed by atoms with E-state index in [2.05, 4.69) is 10.7 Å². The Balaban J connectivity index is 1.27. The van der Waals surface area contributed by atoms with Crippen LogP contribution in [0.1, 0.15) is 83.4 Å². The molecule has 2 aliphatic heterocycles. The molecule has 4 rings (SSSR count). The van der Waals surface area contributed by atoms with Crippen molar-refractivity contribution in [2.75, 3.05) is 19.6 Å². The van der Waals surface area contributed by atoms with E-state index in [1.54, 1.807) is 65.8 Å². The number of nitrogens with one attached hydrogen (secondary N) is 2. The van der Waals surface area contributed by atoms with Crippen LogP contribution in [0.2, 0.25) is 0 Å². The Morgan fingerprint density at radius 2 is 1.56 bits per heavy atom. The topological polar surface area (TPSA) is 127 Å². The van der Waals surface area contributed by atoms with Gasteiger partial charge in [-0.1, -0.05) is 42.0 Å². The van der Waals surface area contributed by atoms with Crippen molar-refractivity contribution in [2.24, 2.45) is 0 Å². The van der Waals surface area contributed by atoms with E-state index >= 15 is 4.39 Å². The first kappa shape index (κ1) is 36.8. The molecular weight excluding hydrogens is 619 g/mol. The largest absolute Gasteiger partial charge is 0.458 e. The van der Waals surface area contributed by atoms with Gasteiger partial charge >= 0.3 is 18.0 Å². The summed E-state index contributed by atoms with van der Waals surface area (Å²) < 4.78 is 31.5. The van der Waals surface area contributed by atoms with Gasteiger partial charge in [0.1, 0.15) is 35.2 Å². The molecule has 262 valence electrons. The SMILES string of the molecule is Cc1ccc(CN2CCC(NN3CC[C@@H](c4ccc(OC(=O)C[C@H](NC(=O)OC(C)(C)C)C(=O)OC(C)(C)C)cc4)[C@@H](F)C3)C2=O)cc1. The number of benzene rings is 2. The van der Waals surface area contributed by atoms with E-state index in [0.29, 0.717) is 32.5 Å². The zero-order chi connectivity index (χ0) is 35.2. The number of hydrazine groups is 1. The lowest BCUT2D eigenvalue weighted by Crippen LogP contribution is -2.53. The number of carbonyl (C=O) groups is 4. The third-order valence-corrected chi connectivity index (χ3v) is 7.96. The summed E-state index contributed by atoms with van der Waals surface area (Å²) in [7, 11) is 0. The molecule has 1 unspecified atom stereocenters. The molecule has 2 amide bonds. The van der Waals surface area contributed by atoms with Gasteiger partial charge in [-0.15, -0.1) is 0 Å². The van der Waals surface area contributed by atoms with E-state index in [9.17, 15) is 19.2 Å². The summed E-state index contributed by atoms with van der Waals surface area (Å²) >= 11 is 0. The number of hydrogen-bond donors (Lipinski definition) is 2. The normalized spacial score (nSPS) is 21.0. The molecule has 12 heteroatoms. The lowest BCUT2D eigenvalue weighted by molar-refractivity contribution is -0.159. The quantitative estimate of drug-likeness (QED) is 0.267. The fraction of sp³-hybridized carbons (Fsp3) is 0.556. The Morgan fingerprint density at radius 3 is 2.17 bits per heavy atom. The Kier molecular flexibility index (Phi) is 11.9. The van der Waals surface area contributed by atoms with Crippen LogP contribution in [0.4, 0.5) is 9.18 Å². The van der Waals surface area contributed by atoms with Crippen LogP contribution in [0, 0.1) is 6.92 Å². The number of piperidine rings is 1. The fourth-order valence-corrected chi connectivity index (χ4v) is 5.69. The average molecular weight is 669 g/mol. The van der Waals surface area contributed by atoms with Crippen molar-refractivity contribution in [3.05, 3.63) is 65.2 Å². The number of likely N-dealkylation sites (tertiary alicyclic amines) is 1. The van der Waals surface area contributed by atoms with Gasteiger partial charge < -0.3 is 24.4 Å². The molecular formula is C36H49FN4O7. The Morgan fingerprint density at radius 1 is 0.917 bits per heavy atom. The number of ether oxygens (including phenoxy) is 3. The molecule has 2 aliphatic rings. The number of aryl methyl sites for hydroxylation is 1. The minimum absolute atomic E-state index is 0.0243. The van der Waals surface area contributed by atoms with Crippen LogP contribution in [0.3, 0.4) is 0 Å². The van der Waals surface area contributed by atoms with Gasteiger partial charge in [-0.3, -0.25) is 9.59 Å². The second-order valence-electron chi connectivity index (χ2n) is 14.6. The number of alkyl halides is 1. The third-order valence-electron chi connectivity index (χ3n) is 7.96. The summed E-state index contributed by atoms with van der Waals surface area (Å²) in [5.41, 5.74) is 4.63. The second-order valence-corrected chi connectivity index (χ2v) is 14.6. The molecule has 2 fully saturated rings. The predicted molar refractivity (Wildman–Crippen MR) is 178 cm³/mol. The lowest BCUT2D eigenvalue weighted by Gasteiger charge is -2.36. The minimum atomic E-state index is -1.33. The van der Waals surface area contributed by atoms with E-state index < -0.39 is 47.9 Å². The van der Waals surface area contributed by atoms with Gasteiger partial charge in [0.25, 0.3) is 0 Å². The first-order chi connectivity index (χ1) is 22.5. The van der Waals surface area contributed by atoms with Crippen LogP contribution in [0.25, 0.3) is 0 Å². The van der Waals surface area contributed by atoms with Crippen molar-refractivity contribution in [1.82, 2.24) is 20.7 Å². The monoisotopic (exact) mass is 668 g/mol. The van der Waals surface area contributed by atoms with Gasteiger partial charge in [-0.2, -0.15) is 0 Å². The van der Waals surface area contributed by atoms with Crippen molar-refractivity contribution < 1.29 is 37.8 Å². The number of alkyl carbamates (subject to hydrolysis) is 1. The number of halogens is 1. The molecule has 2 heterocycles. The Bertz CT molecular complexity index is 1440. The lowest BCUT2D eigenvalue weighted by atomic mass is 9.88. The molecule has 0 radical (unpaired) electrons. The predicted octanol–water partition coefficient (Wildman–Crippen LogP) is 4.96. The molecule has 0 aromatic heterocycles. The van der Waals surface area contributed by atoms with Crippen LogP contribution in [0.5, 0.6) is 5.75 Å². The fourth-order valence-electron chi connectivity index (χ4n) is 5.69. The van der Waals surface area contributed by atoms with Crippen molar-refractivity contribution >= 4 is 23.9 Å². The zero-order valence-electron chi connectivity index (χ0n) is 29.0. The van der Waals surface area contributed by atoms with E-state index in [4.69, 9.17) is 14.2 Å². The molecule has 0 aliphatic carbocycles. The first-order valence-electron chi connectivity index (χ1n) is 16.5. The van der Waals surface area contributed by atoms with Crippen LogP contribution in [-0.4, -0.2) is 82.9 Å². The maximum Gasteiger partial charge on any atom is 0.408 e. The van der Waals surface area contributed by atoms with Gasteiger partial charge in [-0.05, 0) is 84.6 Å². The molecule has 2 aromatic carbocycles. The van der Waals surface area contributed by atoms with Crippen molar-refractivity contribution in [3.8, 4) is 5.75 Å². The number of nitrogens with zero attached hydrogens (tertiary/aromatic N) is 2. The molecule has 2 saturated heterocycles. The molecule has 0 bridgehead atoms. The number of hydrogen-bond acceptors (Lipinski definition) is 9. The molecule has 11 nitrogen and oxygen atoms in total. The van der Waals surface area contributed by atoms with E-state index in [1.165, 1.54) is 5.56 Å². The van der Waals surface area contributed by atoms with E-state index in [0.717, 1.165) is 11.1 Å². The minimum Gasteiger partial charge on any atom is -0.458 e. The highest BCUT2D eigenvalue weighted by atomic mass is 19.1. The smallest absolute Gasteiger partial charge is 0.408 e. The van der Waals surface area contributed by atoms with Crippen LogP contribution in [-0.2, 0) is 30.4 Å². The van der Waals surface area contributed by atoms with Gasteiger partial charge in [-0.25, -0.2) is 24.4 Å². The number of carbonyl (C=O) groups excluding carboxylic acids is 4. The Hall–Kier alpha value is -4.03. The summed E-state index contributed by atoms with van der Waals surface area (Å²) in [5.74, 6) is -1.69. The van der Waals surface area contributed by atoms with E-state index in [-0.39, 0.29) is 30.2 Å². The highest BCUT2D eigenvalue weighted by Gasteiger charge is 2.36. The van der Waals surface area contributed by atoms with Crippen molar-refractivity contribution in [2.45, 2.75) is 110 Å². The third kappa shape index (κ3) is 11.0.